The van der Waals surface area contributed by atoms with Gasteiger partial charge in [-0.3, -0.25) is 4.79 Å². The van der Waals surface area contributed by atoms with Crippen molar-refractivity contribution in [3.05, 3.63) is 82.9 Å². The molecule has 0 N–H and O–H groups in total. The summed E-state index contributed by atoms with van der Waals surface area (Å²) >= 11 is 0. The Morgan fingerprint density at radius 1 is 1.10 bits per heavy atom. The maximum Gasteiger partial charge on any atom is 0.228 e. The molecule has 0 bridgehead atoms. The molecule has 4 rings (SSSR count). The minimum absolute atomic E-state index is 0.0732. The van der Waals surface area contributed by atoms with Crippen LogP contribution in [0.2, 0.25) is 0 Å². The second-order valence-electron chi connectivity index (χ2n) is 8.37. The van der Waals surface area contributed by atoms with Gasteiger partial charge in [-0.25, -0.2) is 13.8 Å². The first-order chi connectivity index (χ1) is 14.9. The highest BCUT2D eigenvalue weighted by molar-refractivity contribution is 5.93. The van der Waals surface area contributed by atoms with Gasteiger partial charge in [0.05, 0.1) is 6.54 Å². The van der Waals surface area contributed by atoms with Crippen LogP contribution in [0.15, 0.2) is 48.8 Å². The van der Waals surface area contributed by atoms with Gasteiger partial charge in [0.15, 0.2) is 11.6 Å². The molecule has 0 spiro atoms. The average molecular weight is 424 g/mol. The number of carbonyl (C=O) groups excluding carboxylic acids is 1. The number of fused-ring (bicyclic) bond motifs is 1. The first-order valence-electron chi connectivity index (χ1n) is 10.8. The zero-order valence-corrected chi connectivity index (χ0v) is 17.9. The molecule has 1 amide bonds. The Bertz CT molecular complexity index is 1090. The van der Waals surface area contributed by atoms with Gasteiger partial charge in [-0.15, -0.1) is 0 Å². The molecular formula is C25H27F2N3O. The smallest absolute Gasteiger partial charge is 0.228 e. The summed E-state index contributed by atoms with van der Waals surface area (Å²) in [6.07, 6.45) is 8.23. The molecule has 162 valence electrons. The van der Waals surface area contributed by atoms with Crippen LogP contribution in [-0.2, 0) is 31.2 Å². The highest BCUT2D eigenvalue weighted by Crippen LogP contribution is 2.29. The van der Waals surface area contributed by atoms with Crippen LogP contribution in [0.5, 0.6) is 0 Å². The first kappa shape index (κ1) is 21.2. The molecular weight excluding hydrogens is 396 g/mol. The fourth-order valence-corrected chi connectivity index (χ4v) is 4.21. The fourth-order valence-electron chi connectivity index (χ4n) is 4.21. The molecule has 0 radical (unpaired) electrons. The van der Waals surface area contributed by atoms with E-state index in [1.54, 1.807) is 17.2 Å². The summed E-state index contributed by atoms with van der Waals surface area (Å²) in [7, 11) is 1.90. The molecule has 0 saturated carbocycles. The van der Waals surface area contributed by atoms with Gasteiger partial charge in [-0.1, -0.05) is 19.1 Å². The second kappa shape index (κ2) is 9.00. The van der Waals surface area contributed by atoms with Crippen molar-refractivity contribution in [2.75, 3.05) is 4.90 Å². The number of rotatable bonds is 6. The van der Waals surface area contributed by atoms with Crippen molar-refractivity contribution in [3.8, 4) is 0 Å². The number of nitrogens with zero attached hydrogens (tertiary/aromatic N) is 3. The summed E-state index contributed by atoms with van der Waals surface area (Å²) in [5, 5.41) is 0. The van der Waals surface area contributed by atoms with Crippen LogP contribution in [0.3, 0.4) is 0 Å². The van der Waals surface area contributed by atoms with Gasteiger partial charge in [0.25, 0.3) is 0 Å². The number of aryl methyl sites for hydroxylation is 3. The van der Waals surface area contributed by atoms with E-state index in [1.165, 1.54) is 23.6 Å². The van der Waals surface area contributed by atoms with Crippen molar-refractivity contribution in [1.29, 1.82) is 0 Å². The zero-order chi connectivity index (χ0) is 22.0. The maximum absolute atomic E-state index is 13.7. The second-order valence-corrected chi connectivity index (χ2v) is 8.37. The summed E-state index contributed by atoms with van der Waals surface area (Å²) in [5.74, 6) is -1.31. The van der Waals surface area contributed by atoms with Crippen molar-refractivity contribution < 1.29 is 13.6 Å². The highest BCUT2D eigenvalue weighted by Gasteiger charge is 2.23. The normalized spacial score (nSPS) is 14.2. The lowest BCUT2D eigenvalue weighted by atomic mass is 9.91. The summed E-state index contributed by atoms with van der Waals surface area (Å²) in [6, 6.07) is 10.1. The zero-order valence-electron chi connectivity index (χ0n) is 17.9. The monoisotopic (exact) mass is 423 g/mol. The van der Waals surface area contributed by atoms with Crippen LogP contribution in [0, 0.1) is 11.6 Å². The third kappa shape index (κ3) is 4.68. The molecule has 1 aromatic heterocycles. The molecule has 3 aromatic rings. The Balaban J connectivity index is 1.61. The van der Waals surface area contributed by atoms with Gasteiger partial charge in [-0.2, -0.15) is 0 Å². The van der Waals surface area contributed by atoms with E-state index in [4.69, 9.17) is 0 Å². The van der Waals surface area contributed by atoms with E-state index in [0.717, 1.165) is 36.8 Å². The molecule has 1 aliphatic carbocycles. The van der Waals surface area contributed by atoms with Crippen molar-refractivity contribution in [2.45, 2.75) is 51.5 Å². The van der Waals surface area contributed by atoms with Crippen molar-refractivity contribution in [3.63, 3.8) is 0 Å². The van der Waals surface area contributed by atoms with Crippen LogP contribution >= 0.6 is 0 Å². The van der Waals surface area contributed by atoms with Crippen LogP contribution in [-0.4, -0.2) is 15.5 Å². The number of halogens is 2. The lowest BCUT2D eigenvalue weighted by molar-refractivity contribution is -0.119. The number of hydrogen-bond acceptors (Lipinski definition) is 2. The third-order valence-electron chi connectivity index (χ3n) is 6.16. The van der Waals surface area contributed by atoms with Crippen LogP contribution in [0.25, 0.3) is 0 Å². The van der Waals surface area contributed by atoms with Crippen LogP contribution < -0.4 is 4.90 Å². The largest absolute Gasteiger partial charge is 0.337 e. The van der Waals surface area contributed by atoms with Gasteiger partial charge in [0.1, 0.15) is 5.82 Å². The van der Waals surface area contributed by atoms with Gasteiger partial charge < -0.3 is 9.47 Å². The number of carbonyl (C=O) groups is 1. The average Bonchev–Trinajstić information content (AvgIpc) is 3.17. The van der Waals surface area contributed by atoms with Gasteiger partial charge in [0.2, 0.25) is 5.91 Å². The molecule has 4 nitrogen and oxygen atoms in total. The third-order valence-corrected chi connectivity index (χ3v) is 6.16. The molecule has 1 heterocycles. The van der Waals surface area contributed by atoms with E-state index in [0.29, 0.717) is 12.1 Å². The Hall–Kier alpha value is -3.02. The molecule has 0 fully saturated rings. The predicted molar refractivity (Wildman–Crippen MR) is 117 cm³/mol. The summed E-state index contributed by atoms with van der Waals surface area (Å²) < 4.78 is 28.9. The summed E-state index contributed by atoms with van der Waals surface area (Å²) in [6.45, 7) is 2.21. The Kier molecular flexibility index (Phi) is 6.16. The van der Waals surface area contributed by atoms with E-state index in [2.05, 4.69) is 17.1 Å². The Morgan fingerprint density at radius 3 is 2.58 bits per heavy atom. The topological polar surface area (TPSA) is 38.1 Å². The lowest BCUT2D eigenvalue weighted by Gasteiger charge is -2.26. The van der Waals surface area contributed by atoms with E-state index in [-0.39, 0.29) is 18.2 Å². The summed E-state index contributed by atoms with van der Waals surface area (Å²) in [5.41, 5.74) is 4.12. The number of anilines is 1. The molecule has 1 aliphatic rings. The molecule has 0 saturated heterocycles. The molecule has 2 aromatic carbocycles. The van der Waals surface area contributed by atoms with E-state index in [1.807, 2.05) is 30.8 Å². The molecule has 1 unspecified atom stereocenters. The van der Waals surface area contributed by atoms with Crippen molar-refractivity contribution in [2.24, 2.45) is 7.05 Å². The maximum atomic E-state index is 13.7. The van der Waals surface area contributed by atoms with Crippen LogP contribution in [0.4, 0.5) is 14.5 Å². The SMILES string of the molecule is CC(CC(=O)N(Cc1nccn1C)c1ccc2c(c1)CCCC2)c1ccc(F)c(F)c1. The molecule has 6 heteroatoms. The minimum atomic E-state index is -0.892. The summed E-state index contributed by atoms with van der Waals surface area (Å²) in [4.78, 5) is 19.6. The molecule has 1 atom stereocenters. The standard InChI is InChI=1S/C25H27F2N3O/c1-17(19-8-10-22(26)23(27)15-19)13-25(31)30(16-24-28-11-12-29(24)2)21-9-7-18-5-3-4-6-20(18)14-21/h7-12,14-15,17H,3-6,13,16H2,1-2H3. The van der Waals surface area contributed by atoms with Gasteiger partial charge in [0, 0.05) is 31.5 Å². The Labute approximate surface area is 181 Å². The number of amides is 1. The van der Waals surface area contributed by atoms with Crippen molar-refractivity contribution >= 4 is 11.6 Å². The van der Waals surface area contributed by atoms with E-state index >= 15 is 0 Å². The van der Waals surface area contributed by atoms with Crippen LogP contribution in [0.1, 0.15) is 54.6 Å². The quantitative estimate of drug-likeness (QED) is 0.539. The van der Waals surface area contributed by atoms with Crippen molar-refractivity contribution in [1.82, 2.24) is 9.55 Å². The molecule has 31 heavy (non-hydrogen) atoms. The Morgan fingerprint density at radius 2 is 1.87 bits per heavy atom. The number of aromatic nitrogens is 2. The van der Waals surface area contributed by atoms with Gasteiger partial charge >= 0.3 is 0 Å². The first-order valence-corrected chi connectivity index (χ1v) is 10.8. The van der Waals surface area contributed by atoms with E-state index < -0.39 is 11.6 Å². The highest BCUT2D eigenvalue weighted by atomic mass is 19.2. The number of hydrogen-bond donors (Lipinski definition) is 0. The number of imidazole rings is 1. The van der Waals surface area contributed by atoms with E-state index in [9.17, 15) is 13.6 Å². The number of benzene rings is 2. The van der Waals surface area contributed by atoms with Gasteiger partial charge in [-0.05, 0) is 72.6 Å². The predicted octanol–water partition coefficient (Wildman–Crippen LogP) is 5.30. The molecule has 0 aliphatic heterocycles. The minimum Gasteiger partial charge on any atom is -0.337 e. The lowest BCUT2D eigenvalue weighted by Crippen LogP contribution is -2.32. The fraction of sp³-hybridized carbons (Fsp3) is 0.360.